The summed E-state index contributed by atoms with van der Waals surface area (Å²) < 4.78 is 7.32. The summed E-state index contributed by atoms with van der Waals surface area (Å²) in [4.78, 5) is 4.39. The third-order valence-corrected chi connectivity index (χ3v) is 3.65. The number of benzene rings is 1. The van der Waals surface area contributed by atoms with Gasteiger partial charge in [0.25, 0.3) is 0 Å². The van der Waals surface area contributed by atoms with Gasteiger partial charge in [0.15, 0.2) is 0 Å². The minimum absolute atomic E-state index is 0.611. The fourth-order valence-electron chi connectivity index (χ4n) is 2.38. The second-order valence-electron chi connectivity index (χ2n) is 4.73. The Morgan fingerprint density at radius 3 is 2.94 bits per heavy atom. The normalized spacial score (nSPS) is 16.1. The summed E-state index contributed by atoms with van der Waals surface area (Å²) in [6.07, 6.45) is 3.98. The van der Waals surface area contributed by atoms with Crippen LogP contribution in [0.2, 0.25) is 0 Å². The van der Waals surface area contributed by atoms with Gasteiger partial charge in [-0.05, 0) is 30.9 Å². The molecule has 1 aliphatic rings. The van der Waals surface area contributed by atoms with Crippen LogP contribution in [0.25, 0.3) is 11.0 Å². The van der Waals surface area contributed by atoms with Crippen LogP contribution in [0.5, 0.6) is 5.75 Å². The standard InChI is InChI=1S/C13H17N3O/c1-17-10-5-6-12-11(7-10)15-13(14)16(12)8-9-3-2-4-9/h5-7,9H,2-4,8H2,1H3,(H2,14,15). The fraction of sp³-hybridized carbons (Fsp3) is 0.462. The molecule has 1 aromatic carbocycles. The van der Waals surface area contributed by atoms with E-state index in [1.54, 1.807) is 7.11 Å². The molecule has 0 unspecified atom stereocenters. The van der Waals surface area contributed by atoms with Crippen LogP contribution in [-0.2, 0) is 6.54 Å². The van der Waals surface area contributed by atoms with Crippen LogP contribution in [0, 0.1) is 5.92 Å². The van der Waals surface area contributed by atoms with Crippen LogP contribution in [0.1, 0.15) is 19.3 Å². The number of aromatic nitrogens is 2. The Hall–Kier alpha value is -1.71. The first-order chi connectivity index (χ1) is 8.28. The Labute approximate surface area is 100 Å². The fourth-order valence-corrected chi connectivity index (χ4v) is 2.38. The van der Waals surface area contributed by atoms with Crippen molar-refractivity contribution < 1.29 is 4.74 Å². The van der Waals surface area contributed by atoms with Crippen LogP contribution in [-0.4, -0.2) is 16.7 Å². The van der Waals surface area contributed by atoms with E-state index in [1.807, 2.05) is 18.2 Å². The third kappa shape index (κ3) is 1.73. The molecular weight excluding hydrogens is 214 g/mol. The van der Waals surface area contributed by atoms with Gasteiger partial charge in [-0.2, -0.15) is 0 Å². The molecule has 1 fully saturated rings. The molecule has 0 spiro atoms. The van der Waals surface area contributed by atoms with Crippen molar-refractivity contribution in [2.75, 3.05) is 12.8 Å². The molecule has 0 amide bonds. The van der Waals surface area contributed by atoms with Crippen molar-refractivity contribution in [2.45, 2.75) is 25.8 Å². The van der Waals surface area contributed by atoms with E-state index in [9.17, 15) is 0 Å². The summed E-state index contributed by atoms with van der Waals surface area (Å²) in [7, 11) is 1.66. The zero-order valence-corrected chi connectivity index (χ0v) is 10.0. The second kappa shape index (κ2) is 3.95. The Morgan fingerprint density at radius 1 is 1.47 bits per heavy atom. The van der Waals surface area contributed by atoms with E-state index in [-0.39, 0.29) is 0 Å². The van der Waals surface area contributed by atoms with Gasteiger partial charge in [-0.1, -0.05) is 6.42 Å². The number of methoxy groups -OCH3 is 1. The number of nitrogens with two attached hydrogens (primary N) is 1. The zero-order chi connectivity index (χ0) is 11.8. The van der Waals surface area contributed by atoms with Crippen molar-refractivity contribution >= 4 is 17.0 Å². The Morgan fingerprint density at radius 2 is 2.29 bits per heavy atom. The monoisotopic (exact) mass is 231 g/mol. The van der Waals surface area contributed by atoms with Gasteiger partial charge >= 0.3 is 0 Å². The predicted octanol–water partition coefficient (Wildman–Crippen LogP) is 2.43. The van der Waals surface area contributed by atoms with Crippen molar-refractivity contribution in [3.8, 4) is 5.75 Å². The number of nitrogen functional groups attached to an aromatic ring is 1. The largest absolute Gasteiger partial charge is 0.497 e. The molecule has 2 N–H and O–H groups in total. The number of hydrogen-bond acceptors (Lipinski definition) is 3. The number of rotatable bonds is 3. The molecule has 90 valence electrons. The summed E-state index contributed by atoms with van der Waals surface area (Å²) in [5.74, 6) is 2.21. The smallest absolute Gasteiger partial charge is 0.201 e. The maximum Gasteiger partial charge on any atom is 0.201 e. The van der Waals surface area contributed by atoms with E-state index in [4.69, 9.17) is 10.5 Å². The van der Waals surface area contributed by atoms with Gasteiger partial charge in [0, 0.05) is 12.6 Å². The number of ether oxygens (including phenoxy) is 1. The molecule has 0 radical (unpaired) electrons. The topological polar surface area (TPSA) is 53.1 Å². The van der Waals surface area contributed by atoms with Crippen molar-refractivity contribution in [3.05, 3.63) is 18.2 Å². The minimum Gasteiger partial charge on any atom is -0.497 e. The predicted molar refractivity (Wildman–Crippen MR) is 68.0 cm³/mol. The highest BCUT2D eigenvalue weighted by molar-refractivity contribution is 5.79. The van der Waals surface area contributed by atoms with Crippen LogP contribution < -0.4 is 10.5 Å². The highest BCUT2D eigenvalue weighted by Gasteiger charge is 2.20. The Kier molecular flexibility index (Phi) is 2.42. The molecule has 4 heteroatoms. The molecule has 1 aromatic heterocycles. The van der Waals surface area contributed by atoms with E-state index in [2.05, 4.69) is 9.55 Å². The Balaban J connectivity index is 2.01. The average molecular weight is 231 g/mol. The first-order valence-corrected chi connectivity index (χ1v) is 6.07. The number of fused-ring (bicyclic) bond motifs is 1. The molecule has 1 aliphatic carbocycles. The average Bonchev–Trinajstić information content (AvgIpc) is 2.58. The molecule has 17 heavy (non-hydrogen) atoms. The van der Waals surface area contributed by atoms with Crippen molar-refractivity contribution in [3.63, 3.8) is 0 Å². The first kappa shape index (κ1) is 10.4. The van der Waals surface area contributed by atoms with Crippen molar-refractivity contribution in [2.24, 2.45) is 5.92 Å². The molecule has 0 aliphatic heterocycles. The lowest BCUT2D eigenvalue weighted by Gasteiger charge is -2.26. The summed E-state index contributed by atoms with van der Waals surface area (Å²) >= 11 is 0. The molecule has 1 saturated carbocycles. The highest BCUT2D eigenvalue weighted by Crippen LogP contribution is 2.31. The molecule has 4 nitrogen and oxygen atoms in total. The van der Waals surface area contributed by atoms with Gasteiger partial charge < -0.3 is 15.0 Å². The van der Waals surface area contributed by atoms with Gasteiger partial charge in [-0.25, -0.2) is 4.98 Å². The lowest BCUT2D eigenvalue weighted by atomic mass is 9.85. The maximum absolute atomic E-state index is 5.98. The molecule has 0 bridgehead atoms. The Bertz CT molecular complexity index is 543. The van der Waals surface area contributed by atoms with E-state index < -0.39 is 0 Å². The molecule has 0 saturated heterocycles. The maximum atomic E-state index is 5.98. The number of imidazole rings is 1. The number of anilines is 1. The molecule has 0 atom stereocenters. The third-order valence-electron chi connectivity index (χ3n) is 3.65. The second-order valence-corrected chi connectivity index (χ2v) is 4.73. The lowest BCUT2D eigenvalue weighted by molar-refractivity contribution is 0.281. The highest BCUT2D eigenvalue weighted by atomic mass is 16.5. The van der Waals surface area contributed by atoms with Gasteiger partial charge in [0.1, 0.15) is 5.75 Å². The molecule has 1 heterocycles. The first-order valence-electron chi connectivity index (χ1n) is 6.07. The van der Waals surface area contributed by atoms with Gasteiger partial charge in [-0.15, -0.1) is 0 Å². The quantitative estimate of drug-likeness (QED) is 0.882. The summed E-state index contributed by atoms with van der Waals surface area (Å²) in [6.45, 7) is 0.995. The summed E-state index contributed by atoms with van der Waals surface area (Å²) in [5.41, 5.74) is 8.01. The molecule has 3 rings (SSSR count). The zero-order valence-electron chi connectivity index (χ0n) is 10.0. The molecular formula is C13H17N3O. The number of nitrogens with zero attached hydrogens (tertiary/aromatic N) is 2. The van der Waals surface area contributed by atoms with Crippen molar-refractivity contribution in [1.82, 2.24) is 9.55 Å². The van der Waals surface area contributed by atoms with Crippen LogP contribution in [0.4, 0.5) is 5.95 Å². The number of hydrogen-bond donors (Lipinski definition) is 1. The van der Waals surface area contributed by atoms with E-state index in [0.29, 0.717) is 5.95 Å². The minimum atomic E-state index is 0.611. The van der Waals surface area contributed by atoms with Crippen LogP contribution in [0.15, 0.2) is 18.2 Å². The molecule has 2 aromatic rings. The van der Waals surface area contributed by atoms with Crippen molar-refractivity contribution in [1.29, 1.82) is 0 Å². The lowest BCUT2D eigenvalue weighted by Crippen LogP contribution is -2.19. The van der Waals surface area contributed by atoms with E-state index in [1.165, 1.54) is 19.3 Å². The van der Waals surface area contributed by atoms with Gasteiger partial charge in [0.2, 0.25) is 5.95 Å². The van der Waals surface area contributed by atoms with Crippen LogP contribution in [0.3, 0.4) is 0 Å². The summed E-state index contributed by atoms with van der Waals surface area (Å²) in [6, 6.07) is 5.93. The van der Waals surface area contributed by atoms with Gasteiger partial charge in [0.05, 0.1) is 18.1 Å². The van der Waals surface area contributed by atoms with E-state index in [0.717, 1.165) is 29.2 Å². The SMILES string of the molecule is COc1ccc2c(c1)nc(N)n2CC1CCC1. The summed E-state index contributed by atoms with van der Waals surface area (Å²) in [5, 5.41) is 0. The van der Waals surface area contributed by atoms with E-state index >= 15 is 0 Å². The van der Waals surface area contributed by atoms with Crippen LogP contribution >= 0.6 is 0 Å². The van der Waals surface area contributed by atoms with Gasteiger partial charge in [-0.3, -0.25) is 0 Å².